The van der Waals surface area contributed by atoms with E-state index in [2.05, 4.69) is 29.4 Å². The summed E-state index contributed by atoms with van der Waals surface area (Å²) in [7, 11) is 0. The zero-order valence-corrected chi connectivity index (χ0v) is 15.7. The van der Waals surface area contributed by atoms with E-state index in [1.165, 1.54) is 10.9 Å². The molecule has 1 amide bonds. The largest absolute Gasteiger partial charge is 0.326 e. The van der Waals surface area contributed by atoms with Gasteiger partial charge < -0.3 is 5.32 Å². The van der Waals surface area contributed by atoms with Gasteiger partial charge in [0.25, 0.3) is 0 Å². The first-order valence-electron chi connectivity index (χ1n) is 8.08. The van der Waals surface area contributed by atoms with Crippen molar-refractivity contribution in [2.24, 2.45) is 0 Å². The van der Waals surface area contributed by atoms with Crippen molar-refractivity contribution in [2.45, 2.75) is 25.3 Å². The van der Waals surface area contributed by atoms with E-state index >= 15 is 0 Å². The standard InChI is InChI=1S/C20H19ClN2OS/c1-13-7-8-15(21)12-18(13)22-19(24)9-10-25-20-11-14(2)16-5-3-4-6-17(16)23-20/h3-8,11-12H,9-10H2,1-2H3,(H,22,24). The molecule has 2 aromatic carbocycles. The van der Waals surface area contributed by atoms with Crippen molar-refractivity contribution in [1.29, 1.82) is 0 Å². The zero-order valence-electron chi connectivity index (χ0n) is 14.2. The fourth-order valence-electron chi connectivity index (χ4n) is 2.58. The topological polar surface area (TPSA) is 42.0 Å². The number of thioether (sulfide) groups is 1. The maximum atomic E-state index is 12.2. The van der Waals surface area contributed by atoms with E-state index in [0.717, 1.165) is 21.8 Å². The molecule has 3 nitrogen and oxygen atoms in total. The van der Waals surface area contributed by atoms with Gasteiger partial charge in [0.2, 0.25) is 5.91 Å². The summed E-state index contributed by atoms with van der Waals surface area (Å²) in [4.78, 5) is 16.8. The minimum Gasteiger partial charge on any atom is -0.326 e. The lowest BCUT2D eigenvalue weighted by atomic mass is 10.1. The van der Waals surface area contributed by atoms with Crippen LogP contribution in [0.25, 0.3) is 10.9 Å². The molecule has 0 bridgehead atoms. The Kier molecular flexibility index (Phi) is 5.61. The van der Waals surface area contributed by atoms with Crippen LogP contribution in [-0.4, -0.2) is 16.6 Å². The van der Waals surface area contributed by atoms with Crippen LogP contribution in [0.5, 0.6) is 0 Å². The van der Waals surface area contributed by atoms with Crippen molar-refractivity contribution in [3.63, 3.8) is 0 Å². The molecule has 0 saturated carbocycles. The van der Waals surface area contributed by atoms with Crippen LogP contribution in [0.3, 0.4) is 0 Å². The van der Waals surface area contributed by atoms with Crippen LogP contribution in [0.15, 0.2) is 53.6 Å². The molecule has 1 N–H and O–H groups in total. The number of aromatic nitrogens is 1. The number of fused-ring (bicyclic) bond motifs is 1. The van der Waals surface area contributed by atoms with Gasteiger partial charge in [-0.25, -0.2) is 4.98 Å². The molecule has 25 heavy (non-hydrogen) atoms. The Bertz CT molecular complexity index is 927. The molecule has 3 rings (SSSR count). The van der Waals surface area contributed by atoms with Gasteiger partial charge in [-0.05, 0) is 49.2 Å². The summed E-state index contributed by atoms with van der Waals surface area (Å²) in [6.45, 7) is 4.03. The molecule has 0 spiro atoms. The first-order chi connectivity index (χ1) is 12.0. The molecule has 1 aromatic heterocycles. The predicted octanol–water partition coefficient (Wildman–Crippen LogP) is 5.63. The van der Waals surface area contributed by atoms with Crippen LogP contribution in [-0.2, 0) is 4.79 Å². The average Bonchev–Trinajstić information content (AvgIpc) is 2.58. The Morgan fingerprint density at radius 2 is 1.92 bits per heavy atom. The Hall–Kier alpha value is -2.04. The second-order valence-electron chi connectivity index (χ2n) is 5.90. The van der Waals surface area contributed by atoms with Gasteiger partial charge in [-0.2, -0.15) is 0 Å². The number of hydrogen-bond donors (Lipinski definition) is 1. The highest BCUT2D eigenvalue weighted by atomic mass is 35.5. The Balaban J connectivity index is 1.59. The Morgan fingerprint density at radius 1 is 1.12 bits per heavy atom. The lowest BCUT2D eigenvalue weighted by Gasteiger charge is -2.09. The summed E-state index contributed by atoms with van der Waals surface area (Å²) >= 11 is 7.58. The van der Waals surface area contributed by atoms with E-state index < -0.39 is 0 Å². The van der Waals surface area contributed by atoms with Crippen molar-refractivity contribution in [1.82, 2.24) is 4.98 Å². The monoisotopic (exact) mass is 370 g/mol. The fraction of sp³-hybridized carbons (Fsp3) is 0.200. The van der Waals surface area contributed by atoms with E-state index in [0.29, 0.717) is 17.2 Å². The number of para-hydroxylation sites is 1. The third-order valence-corrected chi connectivity index (χ3v) is 5.10. The highest BCUT2D eigenvalue weighted by Gasteiger charge is 2.07. The lowest BCUT2D eigenvalue weighted by molar-refractivity contribution is -0.115. The minimum absolute atomic E-state index is 0.0182. The van der Waals surface area contributed by atoms with Crippen molar-refractivity contribution < 1.29 is 4.79 Å². The summed E-state index contributed by atoms with van der Waals surface area (Å²) in [5.41, 5.74) is 3.95. The Labute approximate surface area is 156 Å². The molecule has 0 aliphatic heterocycles. The van der Waals surface area contributed by atoms with Gasteiger partial charge in [-0.1, -0.05) is 35.9 Å². The molecule has 0 radical (unpaired) electrons. The number of halogens is 1. The van der Waals surface area contributed by atoms with Crippen molar-refractivity contribution in [3.8, 4) is 0 Å². The molecular weight excluding hydrogens is 352 g/mol. The van der Waals surface area contributed by atoms with Crippen LogP contribution in [0.4, 0.5) is 5.69 Å². The number of anilines is 1. The molecule has 128 valence electrons. The van der Waals surface area contributed by atoms with E-state index in [9.17, 15) is 4.79 Å². The van der Waals surface area contributed by atoms with E-state index in [1.807, 2.05) is 37.3 Å². The Morgan fingerprint density at radius 3 is 2.76 bits per heavy atom. The smallest absolute Gasteiger partial charge is 0.225 e. The third kappa shape index (κ3) is 4.53. The summed E-state index contributed by atoms with van der Waals surface area (Å²) in [5, 5.41) is 5.65. The summed E-state index contributed by atoms with van der Waals surface area (Å²) in [5.74, 6) is 0.659. The zero-order chi connectivity index (χ0) is 17.8. The number of carbonyl (C=O) groups excluding carboxylic acids is 1. The highest BCUT2D eigenvalue weighted by molar-refractivity contribution is 7.99. The number of nitrogens with one attached hydrogen (secondary N) is 1. The van der Waals surface area contributed by atoms with Gasteiger partial charge >= 0.3 is 0 Å². The van der Waals surface area contributed by atoms with Crippen LogP contribution in [0.1, 0.15) is 17.5 Å². The molecular formula is C20H19ClN2OS. The van der Waals surface area contributed by atoms with Gasteiger partial charge in [0.1, 0.15) is 0 Å². The van der Waals surface area contributed by atoms with Crippen molar-refractivity contribution >= 4 is 45.9 Å². The number of nitrogens with zero attached hydrogens (tertiary/aromatic N) is 1. The highest BCUT2D eigenvalue weighted by Crippen LogP contribution is 2.24. The number of rotatable bonds is 5. The van der Waals surface area contributed by atoms with E-state index in [-0.39, 0.29) is 5.91 Å². The lowest BCUT2D eigenvalue weighted by Crippen LogP contribution is -2.13. The van der Waals surface area contributed by atoms with E-state index in [4.69, 9.17) is 11.6 Å². The number of hydrogen-bond acceptors (Lipinski definition) is 3. The number of carbonyl (C=O) groups is 1. The predicted molar refractivity (Wildman–Crippen MR) is 107 cm³/mol. The van der Waals surface area contributed by atoms with Gasteiger partial charge in [0.15, 0.2) is 0 Å². The van der Waals surface area contributed by atoms with Crippen LogP contribution in [0.2, 0.25) is 5.02 Å². The summed E-state index contributed by atoms with van der Waals surface area (Å²) in [6.07, 6.45) is 0.421. The average molecular weight is 371 g/mol. The first kappa shape index (κ1) is 17.8. The van der Waals surface area contributed by atoms with Gasteiger partial charge in [-0.15, -0.1) is 11.8 Å². The SMILES string of the molecule is Cc1ccc(Cl)cc1NC(=O)CCSc1cc(C)c2ccccc2n1. The quantitative estimate of drug-likeness (QED) is 0.592. The number of pyridine rings is 1. The van der Waals surface area contributed by atoms with Crippen LogP contribution in [0, 0.1) is 13.8 Å². The van der Waals surface area contributed by atoms with Crippen LogP contribution < -0.4 is 5.32 Å². The maximum absolute atomic E-state index is 12.2. The molecule has 0 fully saturated rings. The molecule has 1 heterocycles. The fourth-order valence-corrected chi connectivity index (χ4v) is 3.67. The normalized spacial score (nSPS) is 10.8. The number of benzene rings is 2. The van der Waals surface area contributed by atoms with Crippen LogP contribution >= 0.6 is 23.4 Å². The van der Waals surface area contributed by atoms with Gasteiger partial charge in [0, 0.05) is 28.3 Å². The summed E-state index contributed by atoms with van der Waals surface area (Å²) in [6, 6.07) is 15.7. The second kappa shape index (κ2) is 7.89. The summed E-state index contributed by atoms with van der Waals surface area (Å²) < 4.78 is 0. The van der Waals surface area contributed by atoms with Crippen molar-refractivity contribution in [3.05, 3.63) is 64.7 Å². The molecule has 0 saturated heterocycles. The molecule has 5 heteroatoms. The molecule has 0 aliphatic carbocycles. The third-order valence-electron chi connectivity index (χ3n) is 3.95. The molecule has 3 aromatic rings. The number of amides is 1. The second-order valence-corrected chi connectivity index (χ2v) is 7.45. The molecule has 0 aliphatic rings. The maximum Gasteiger partial charge on any atom is 0.225 e. The first-order valence-corrected chi connectivity index (χ1v) is 9.44. The van der Waals surface area contributed by atoms with E-state index in [1.54, 1.807) is 17.8 Å². The van der Waals surface area contributed by atoms with Crippen molar-refractivity contribution in [2.75, 3.05) is 11.1 Å². The van der Waals surface area contributed by atoms with Gasteiger partial charge in [-0.3, -0.25) is 4.79 Å². The molecule has 0 unspecified atom stereocenters. The van der Waals surface area contributed by atoms with Gasteiger partial charge in [0.05, 0.1) is 10.5 Å². The molecule has 0 atom stereocenters. The minimum atomic E-state index is -0.0182. The number of aryl methyl sites for hydroxylation is 2.